The van der Waals surface area contributed by atoms with Gasteiger partial charge in [0.05, 0.1) is 0 Å². The summed E-state index contributed by atoms with van der Waals surface area (Å²) in [6.07, 6.45) is 4.32. The predicted molar refractivity (Wildman–Crippen MR) is 68.3 cm³/mol. The zero-order valence-electron chi connectivity index (χ0n) is 10.4. The highest BCUT2D eigenvalue weighted by Crippen LogP contribution is 2.71. The number of rotatable bonds is 3. The molecule has 0 aliphatic heterocycles. The van der Waals surface area contributed by atoms with Crippen LogP contribution in [0.1, 0.15) is 16.8 Å². The highest BCUT2D eigenvalue weighted by Gasteiger charge is 2.72. The van der Waals surface area contributed by atoms with Crippen molar-refractivity contribution >= 4 is 11.6 Å². The van der Waals surface area contributed by atoms with Gasteiger partial charge >= 0.3 is 0 Å². The van der Waals surface area contributed by atoms with Gasteiger partial charge in [-0.3, -0.25) is 9.78 Å². The Morgan fingerprint density at radius 2 is 2.26 bits per heavy atom. The molecular formula is C14H15N3O2. The molecule has 4 aliphatic carbocycles. The lowest BCUT2D eigenvalue weighted by Gasteiger charge is -2.11. The molecule has 0 spiro atoms. The van der Waals surface area contributed by atoms with E-state index in [0.29, 0.717) is 29.2 Å². The third-order valence-electron chi connectivity index (χ3n) is 4.93. The molecular weight excluding hydrogens is 242 g/mol. The van der Waals surface area contributed by atoms with Crippen LogP contribution in [0.5, 0.6) is 0 Å². The van der Waals surface area contributed by atoms with Gasteiger partial charge in [-0.15, -0.1) is 0 Å². The number of pyridine rings is 1. The molecule has 4 aliphatic rings. The minimum absolute atomic E-state index is 0.197. The van der Waals surface area contributed by atoms with Gasteiger partial charge in [0.15, 0.2) is 0 Å². The first kappa shape index (κ1) is 11.1. The Kier molecular flexibility index (Phi) is 2.26. The van der Waals surface area contributed by atoms with Gasteiger partial charge in [-0.2, -0.15) is 5.10 Å². The van der Waals surface area contributed by atoms with Gasteiger partial charge < -0.3 is 5.11 Å². The zero-order chi connectivity index (χ0) is 13.0. The summed E-state index contributed by atoms with van der Waals surface area (Å²) in [6.45, 7) is 0.250. The minimum atomic E-state index is -0.197. The van der Waals surface area contributed by atoms with E-state index < -0.39 is 0 Å². The predicted octanol–water partition coefficient (Wildman–Crippen LogP) is 0.672. The molecule has 4 bridgehead atoms. The van der Waals surface area contributed by atoms with E-state index in [1.165, 1.54) is 0 Å². The number of amides is 1. The Bertz CT molecular complexity index is 557. The Balaban J connectivity index is 1.49. The summed E-state index contributed by atoms with van der Waals surface area (Å²) in [6, 6.07) is 3.33. The monoisotopic (exact) mass is 257 g/mol. The number of hydrogen-bond donors (Lipinski definition) is 2. The first-order valence-electron chi connectivity index (χ1n) is 6.70. The Labute approximate surface area is 110 Å². The van der Waals surface area contributed by atoms with Crippen molar-refractivity contribution in [2.75, 3.05) is 6.61 Å². The number of carbonyl (C=O) groups is 1. The maximum Gasteiger partial charge on any atom is 0.271 e. The standard InChI is InChI=1S/C14H15N3O2/c18-6-10-8-5-9-11(10)12(9)13(8)16-17-14(19)7-1-3-15-4-2-7/h1-4,8-12,18H,5-6H2,(H,17,19)/b16-13-/t8?,9?,10?,11?,12-/m1/s1. The summed E-state index contributed by atoms with van der Waals surface area (Å²) in [5.74, 6) is 2.45. The van der Waals surface area contributed by atoms with Crippen molar-refractivity contribution in [2.45, 2.75) is 6.42 Å². The van der Waals surface area contributed by atoms with Crippen LogP contribution in [-0.2, 0) is 0 Å². The van der Waals surface area contributed by atoms with Crippen LogP contribution in [0, 0.1) is 29.6 Å². The van der Waals surface area contributed by atoms with Gasteiger partial charge in [0.1, 0.15) is 0 Å². The van der Waals surface area contributed by atoms with Crippen LogP contribution in [0.15, 0.2) is 29.6 Å². The van der Waals surface area contributed by atoms with Crippen molar-refractivity contribution in [3.05, 3.63) is 30.1 Å². The van der Waals surface area contributed by atoms with Gasteiger partial charge in [-0.25, -0.2) is 5.43 Å². The van der Waals surface area contributed by atoms with E-state index in [0.717, 1.165) is 18.1 Å². The zero-order valence-corrected chi connectivity index (χ0v) is 10.4. The SMILES string of the molecule is O=C(N/N=C1/C2CC3C(C2CO)[C@H]13)c1ccncc1. The van der Waals surface area contributed by atoms with Crippen LogP contribution < -0.4 is 5.43 Å². The third kappa shape index (κ3) is 1.48. The van der Waals surface area contributed by atoms with Gasteiger partial charge in [0, 0.05) is 42.1 Å². The third-order valence-corrected chi connectivity index (χ3v) is 4.93. The van der Waals surface area contributed by atoms with E-state index in [1.54, 1.807) is 24.5 Å². The second-order valence-corrected chi connectivity index (χ2v) is 5.67. The van der Waals surface area contributed by atoms with E-state index in [-0.39, 0.29) is 12.5 Å². The summed E-state index contributed by atoms with van der Waals surface area (Å²) in [5.41, 5.74) is 4.31. The fourth-order valence-electron chi connectivity index (χ4n) is 4.12. The maximum atomic E-state index is 11.9. The van der Waals surface area contributed by atoms with E-state index in [9.17, 15) is 9.90 Å². The number of hydrogen-bond acceptors (Lipinski definition) is 4. The molecule has 1 aromatic heterocycles. The Morgan fingerprint density at radius 1 is 1.47 bits per heavy atom. The molecule has 0 radical (unpaired) electrons. The van der Waals surface area contributed by atoms with Crippen molar-refractivity contribution in [3.8, 4) is 0 Å². The van der Waals surface area contributed by atoms with Crippen LogP contribution >= 0.6 is 0 Å². The number of aliphatic hydroxyl groups is 1. The summed E-state index contributed by atoms with van der Waals surface area (Å²) >= 11 is 0. The van der Waals surface area contributed by atoms with Crippen LogP contribution in [0.2, 0.25) is 0 Å². The molecule has 0 saturated heterocycles. The van der Waals surface area contributed by atoms with Crippen molar-refractivity contribution in [3.63, 3.8) is 0 Å². The molecule has 4 saturated carbocycles. The minimum Gasteiger partial charge on any atom is -0.396 e. The van der Waals surface area contributed by atoms with E-state index in [4.69, 9.17) is 0 Å². The van der Waals surface area contributed by atoms with Gasteiger partial charge in [0.25, 0.3) is 5.91 Å². The summed E-state index contributed by atoms with van der Waals surface area (Å²) in [7, 11) is 0. The van der Waals surface area contributed by atoms with E-state index in [2.05, 4.69) is 15.5 Å². The molecule has 4 fully saturated rings. The second-order valence-electron chi connectivity index (χ2n) is 5.67. The molecule has 5 atom stereocenters. The number of aromatic nitrogens is 1. The Hall–Kier alpha value is -1.75. The normalized spacial score (nSPS) is 39.6. The highest BCUT2D eigenvalue weighted by atomic mass is 16.3. The highest BCUT2D eigenvalue weighted by molar-refractivity contribution is 6.00. The summed E-state index contributed by atoms with van der Waals surface area (Å²) in [4.78, 5) is 15.8. The van der Waals surface area contributed by atoms with E-state index in [1.807, 2.05) is 0 Å². The summed E-state index contributed by atoms with van der Waals surface area (Å²) < 4.78 is 0. The molecule has 5 heteroatoms. The van der Waals surface area contributed by atoms with Crippen LogP contribution in [0.3, 0.4) is 0 Å². The number of hydrazone groups is 1. The molecule has 1 aromatic rings. The number of nitrogens with one attached hydrogen (secondary N) is 1. The second kappa shape index (κ2) is 3.87. The van der Waals surface area contributed by atoms with Crippen LogP contribution in [-0.4, -0.2) is 28.3 Å². The van der Waals surface area contributed by atoms with Gasteiger partial charge in [-0.05, 0) is 36.3 Å². The first-order valence-corrected chi connectivity index (χ1v) is 6.70. The van der Waals surface area contributed by atoms with Crippen molar-refractivity contribution in [1.82, 2.24) is 10.4 Å². The molecule has 1 heterocycles. The summed E-state index contributed by atoms with van der Waals surface area (Å²) in [5, 5.41) is 13.7. The topological polar surface area (TPSA) is 74.6 Å². The van der Waals surface area contributed by atoms with Gasteiger partial charge in [-0.1, -0.05) is 0 Å². The largest absolute Gasteiger partial charge is 0.396 e. The lowest BCUT2D eigenvalue weighted by atomic mass is 9.98. The quantitative estimate of drug-likeness (QED) is 0.782. The van der Waals surface area contributed by atoms with Crippen molar-refractivity contribution in [2.24, 2.45) is 34.7 Å². The molecule has 5 rings (SSSR count). The Morgan fingerprint density at radius 3 is 2.89 bits per heavy atom. The number of carbonyl (C=O) groups excluding carboxylic acids is 1. The number of nitrogens with zero attached hydrogens (tertiary/aromatic N) is 2. The molecule has 1 amide bonds. The molecule has 2 N–H and O–H groups in total. The lowest BCUT2D eigenvalue weighted by molar-refractivity contribution is 0.0954. The fraction of sp³-hybridized carbons (Fsp3) is 0.500. The van der Waals surface area contributed by atoms with Crippen LogP contribution in [0.4, 0.5) is 0 Å². The molecule has 19 heavy (non-hydrogen) atoms. The maximum absolute atomic E-state index is 11.9. The molecule has 0 aromatic carbocycles. The average molecular weight is 257 g/mol. The smallest absolute Gasteiger partial charge is 0.271 e. The molecule has 5 nitrogen and oxygen atoms in total. The average Bonchev–Trinajstić information content (AvgIpc) is 2.78. The van der Waals surface area contributed by atoms with Crippen molar-refractivity contribution in [1.29, 1.82) is 0 Å². The fourth-order valence-corrected chi connectivity index (χ4v) is 4.12. The lowest BCUT2D eigenvalue weighted by Crippen LogP contribution is -2.22. The number of aliphatic hydroxyl groups excluding tert-OH is 1. The molecule has 4 unspecified atom stereocenters. The van der Waals surface area contributed by atoms with Gasteiger partial charge in [0.2, 0.25) is 0 Å². The van der Waals surface area contributed by atoms with Crippen LogP contribution in [0.25, 0.3) is 0 Å². The first-order chi connectivity index (χ1) is 9.31. The molecule has 98 valence electrons. The van der Waals surface area contributed by atoms with E-state index >= 15 is 0 Å². The van der Waals surface area contributed by atoms with Crippen molar-refractivity contribution < 1.29 is 9.90 Å².